The summed E-state index contributed by atoms with van der Waals surface area (Å²) < 4.78 is 2.61. The zero-order chi connectivity index (χ0) is 14.1. The van der Waals surface area contributed by atoms with Crippen LogP contribution in [0.2, 0.25) is 0 Å². The molecule has 0 bridgehead atoms. The van der Waals surface area contributed by atoms with Gasteiger partial charge in [0.05, 0.1) is 0 Å². The van der Waals surface area contributed by atoms with Crippen LogP contribution in [0.3, 0.4) is 0 Å². The van der Waals surface area contributed by atoms with Crippen molar-refractivity contribution in [1.29, 1.82) is 0 Å². The van der Waals surface area contributed by atoms with Gasteiger partial charge in [-0.05, 0) is 56.8 Å². The van der Waals surface area contributed by atoms with Crippen molar-refractivity contribution < 1.29 is 11.0 Å². The smallest absolute Gasteiger partial charge is 0.0233 e. The van der Waals surface area contributed by atoms with E-state index in [2.05, 4.69) is 22.8 Å². The Balaban J connectivity index is 0. The van der Waals surface area contributed by atoms with E-state index < -0.39 is 0 Å². The summed E-state index contributed by atoms with van der Waals surface area (Å²) in [6.45, 7) is 14.0. The van der Waals surface area contributed by atoms with Gasteiger partial charge in [0.25, 0.3) is 0 Å². The highest BCUT2D eigenvalue weighted by atomic mass is 32.2. The molecule has 2 aliphatic rings. The number of nitrogens with zero attached hydrogens (tertiary/aromatic N) is 1. The molecule has 1 saturated heterocycles. The molecule has 0 aromatic carbocycles. The zero-order valence-corrected chi connectivity index (χ0v) is 14.2. The molecule has 4 nitrogen and oxygen atoms in total. The van der Waals surface area contributed by atoms with E-state index >= 15 is 0 Å². The van der Waals surface area contributed by atoms with Crippen LogP contribution in [0.4, 0.5) is 0 Å². The Hall–Kier alpha value is -0.590. The molecule has 124 valence electrons. The van der Waals surface area contributed by atoms with Crippen molar-refractivity contribution in [3.63, 3.8) is 0 Å². The fraction of sp³-hybridized carbons (Fsp3) is 0.625. The highest BCUT2D eigenvalue weighted by molar-refractivity contribution is 8.01. The predicted octanol–water partition coefficient (Wildman–Crippen LogP) is 2.48. The van der Waals surface area contributed by atoms with Crippen molar-refractivity contribution in [1.82, 2.24) is 9.62 Å². The van der Waals surface area contributed by atoms with Gasteiger partial charge in [-0.1, -0.05) is 39.2 Å². The Kier molecular flexibility index (Phi) is 14.2. The summed E-state index contributed by atoms with van der Waals surface area (Å²) in [5.41, 5.74) is 0. The fourth-order valence-corrected chi connectivity index (χ4v) is 3.41. The van der Waals surface area contributed by atoms with Crippen molar-refractivity contribution in [3.8, 4) is 0 Å². The fourth-order valence-electron chi connectivity index (χ4n) is 2.21. The molecule has 0 aromatic heterocycles. The van der Waals surface area contributed by atoms with E-state index in [1.807, 2.05) is 44.0 Å². The molecule has 0 atom stereocenters. The van der Waals surface area contributed by atoms with Gasteiger partial charge in [0.2, 0.25) is 0 Å². The molecular formula is C16H32N2O2S. The molecule has 21 heavy (non-hydrogen) atoms. The third-order valence-corrected chi connectivity index (χ3v) is 4.59. The van der Waals surface area contributed by atoms with Gasteiger partial charge in [-0.2, -0.15) is 0 Å². The first-order valence-electron chi connectivity index (χ1n) is 7.47. The third-order valence-electron chi connectivity index (χ3n) is 3.27. The van der Waals surface area contributed by atoms with E-state index in [0.717, 1.165) is 25.2 Å². The highest BCUT2D eigenvalue weighted by Crippen LogP contribution is 2.39. The molecule has 5 heteroatoms. The Morgan fingerprint density at radius 3 is 2.00 bits per heavy atom. The minimum atomic E-state index is 0. The number of hydrogen-bond donors (Lipinski definition) is 1. The van der Waals surface area contributed by atoms with E-state index in [1.165, 1.54) is 30.6 Å². The highest BCUT2D eigenvalue weighted by Gasteiger charge is 2.35. The number of piperidine rings is 1. The van der Waals surface area contributed by atoms with E-state index in [-0.39, 0.29) is 11.0 Å². The lowest BCUT2D eigenvalue weighted by molar-refractivity contribution is 0.277. The molecule has 1 saturated carbocycles. The van der Waals surface area contributed by atoms with E-state index in [1.54, 1.807) is 0 Å². The van der Waals surface area contributed by atoms with Crippen LogP contribution < -0.4 is 5.32 Å². The van der Waals surface area contributed by atoms with Crippen LogP contribution in [0.1, 0.15) is 39.5 Å². The molecule has 5 N–H and O–H groups in total. The maximum Gasteiger partial charge on any atom is 0.0233 e. The molecule has 1 aliphatic carbocycles. The van der Waals surface area contributed by atoms with Gasteiger partial charge in [0.1, 0.15) is 0 Å². The summed E-state index contributed by atoms with van der Waals surface area (Å²) >= 11 is 1.87. The lowest BCUT2D eigenvalue weighted by atomic mass is 10.1. The van der Waals surface area contributed by atoms with Gasteiger partial charge in [-0.15, -0.1) is 0 Å². The molecule has 0 spiro atoms. The van der Waals surface area contributed by atoms with E-state index in [0.29, 0.717) is 0 Å². The standard InChI is InChI=1S/C14H22N2S.C2H6.2H2O/c1-3-5-14(4-2)17-16(12-6-7-12)13-8-10-15-11-9-13;1-2;;/h3-5,12-13,15H,1-2,6-11H2;1-2H3;2*1H2/b14-5+;;;. The number of nitrogens with one attached hydrogen (secondary N) is 1. The summed E-state index contributed by atoms with van der Waals surface area (Å²) in [5, 5.41) is 3.43. The summed E-state index contributed by atoms with van der Waals surface area (Å²) in [6, 6.07) is 1.51. The van der Waals surface area contributed by atoms with Crippen LogP contribution in [0.25, 0.3) is 0 Å². The Morgan fingerprint density at radius 2 is 1.57 bits per heavy atom. The monoisotopic (exact) mass is 316 g/mol. The molecular weight excluding hydrogens is 284 g/mol. The second-order valence-corrected chi connectivity index (χ2v) is 5.75. The first kappa shape index (κ1) is 22.7. The third kappa shape index (κ3) is 7.83. The lowest BCUT2D eigenvalue weighted by Gasteiger charge is -2.33. The predicted molar refractivity (Wildman–Crippen MR) is 95.4 cm³/mol. The van der Waals surface area contributed by atoms with Crippen molar-refractivity contribution in [2.45, 2.75) is 51.6 Å². The molecule has 0 amide bonds. The van der Waals surface area contributed by atoms with E-state index in [4.69, 9.17) is 0 Å². The molecule has 0 unspecified atom stereocenters. The van der Waals surface area contributed by atoms with Gasteiger partial charge >= 0.3 is 0 Å². The Bertz CT molecular complexity index is 311. The molecule has 1 aliphatic heterocycles. The molecule has 2 rings (SSSR count). The zero-order valence-electron chi connectivity index (χ0n) is 13.4. The maximum atomic E-state index is 3.88. The first-order chi connectivity index (χ1) is 9.35. The maximum absolute atomic E-state index is 3.88. The van der Waals surface area contributed by atoms with Crippen molar-refractivity contribution in [2.24, 2.45) is 0 Å². The summed E-state index contributed by atoms with van der Waals surface area (Å²) in [4.78, 5) is 1.21. The summed E-state index contributed by atoms with van der Waals surface area (Å²) in [7, 11) is 0. The minimum absolute atomic E-state index is 0. The number of allylic oxidation sites excluding steroid dienone is 3. The number of hydrogen-bond acceptors (Lipinski definition) is 3. The molecule has 2 fully saturated rings. The van der Waals surface area contributed by atoms with Gasteiger partial charge in [-0.3, -0.25) is 0 Å². The van der Waals surface area contributed by atoms with Crippen LogP contribution in [0, 0.1) is 0 Å². The topological polar surface area (TPSA) is 78.3 Å². The van der Waals surface area contributed by atoms with Crippen LogP contribution in [0.15, 0.2) is 36.3 Å². The second-order valence-electron chi connectivity index (χ2n) is 4.67. The van der Waals surface area contributed by atoms with Crippen molar-refractivity contribution in [3.05, 3.63) is 36.3 Å². The number of rotatable bonds is 6. The molecule has 0 radical (unpaired) electrons. The quantitative estimate of drug-likeness (QED) is 0.604. The molecule has 0 aromatic rings. The minimum Gasteiger partial charge on any atom is -0.412 e. The second kappa shape index (κ2) is 13.1. The van der Waals surface area contributed by atoms with Crippen LogP contribution >= 0.6 is 11.9 Å². The normalized spacial score (nSPS) is 18.7. The summed E-state index contributed by atoms with van der Waals surface area (Å²) in [6.07, 6.45) is 11.1. The SMILES string of the molecule is C=C/C=C(\C=C)SN(C1CCNCC1)C1CC1.CC.O.O. The Morgan fingerprint density at radius 1 is 1.05 bits per heavy atom. The van der Waals surface area contributed by atoms with Crippen LogP contribution in [-0.4, -0.2) is 40.4 Å². The molecule has 1 heterocycles. The van der Waals surface area contributed by atoms with Gasteiger partial charge in [-0.25, -0.2) is 4.31 Å². The van der Waals surface area contributed by atoms with Crippen LogP contribution in [-0.2, 0) is 0 Å². The first-order valence-corrected chi connectivity index (χ1v) is 8.24. The summed E-state index contributed by atoms with van der Waals surface area (Å²) in [5.74, 6) is 0. The average Bonchev–Trinajstić information content (AvgIpc) is 3.31. The van der Waals surface area contributed by atoms with E-state index in [9.17, 15) is 0 Å². The lowest BCUT2D eigenvalue weighted by Crippen LogP contribution is -2.40. The average molecular weight is 317 g/mol. The van der Waals surface area contributed by atoms with Crippen molar-refractivity contribution >= 4 is 11.9 Å². The largest absolute Gasteiger partial charge is 0.412 e. The van der Waals surface area contributed by atoms with Gasteiger partial charge in [0.15, 0.2) is 0 Å². The van der Waals surface area contributed by atoms with Gasteiger partial charge < -0.3 is 16.3 Å². The Labute approximate surface area is 134 Å². The van der Waals surface area contributed by atoms with Crippen molar-refractivity contribution in [2.75, 3.05) is 13.1 Å². The van der Waals surface area contributed by atoms with Gasteiger partial charge in [0, 0.05) is 17.0 Å². The van der Waals surface area contributed by atoms with Crippen LogP contribution in [0.5, 0.6) is 0 Å².